The van der Waals surface area contributed by atoms with Crippen LogP contribution in [0.3, 0.4) is 0 Å². The number of aryl methyl sites for hydroxylation is 1. The van der Waals surface area contributed by atoms with Crippen molar-refractivity contribution >= 4 is 5.69 Å². The minimum Gasteiger partial charge on any atom is -0.344 e. The predicted octanol–water partition coefficient (Wildman–Crippen LogP) is 4.73. The quantitative estimate of drug-likeness (QED) is 0.517. The molecule has 0 aliphatic carbocycles. The first-order valence-corrected chi connectivity index (χ1v) is 7.52. The van der Waals surface area contributed by atoms with Crippen LogP contribution in [0.2, 0.25) is 0 Å². The average Bonchev–Trinajstić information content (AvgIpc) is 2.84. The predicted molar refractivity (Wildman–Crippen MR) is 91.5 cm³/mol. The van der Waals surface area contributed by atoms with E-state index in [0.29, 0.717) is 0 Å². The molecule has 1 aromatic heterocycles. The Kier molecular flexibility index (Phi) is 3.98. The third kappa shape index (κ3) is 3.01. The maximum Gasteiger partial charge on any atom is 0.269 e. The third-order valence-corrected chi connectivity index (χ3v) is 4.15. The molecule has 0 aliphatic heterocycles. The fraction of sp³-hybridized carbons (Fsp3) is 0.158. The molecule has 0 unspecified atom stereocenters. The molecule has 3 rings (SSSR count). The van der Waals surface area contributed by atoms with Crippen molar-refractivity contribution in [3.63, 3.8) is 0 Å². The van der Waals surface area contributed by atoms with Gasteiger partial charge in [0.1, 0.15) is 0 Å². The zero-order valence-electron chi connectivity index (χ0n) is 13.2. The fourth-order valence-electron chi connectivity index (χ4n) is 2.87. The molecule has 0 fully saturated rings. The Bertz CT molecular complexity index is 834. The summed E-state index contributed by atoms with van der Waals surface area (Å²) < 4.78 is 2.27. The van der Waals surface area contributed by atoms with Gasteiger partial charge < -0.3 is 4.57 Å². The van der Waals surface area contributed by atoms with E-state index in [9.17, 15) is 10.1 Å². The van der Waals surface area contributed by atoms with Crippen molar-refractivity contribution in [2.75, 3.05) is 0 Å². The van der Waals surface area contributed by atoms with Gasteiger partial charge in [0.05, 0.1) is 4.92 Å². The molecule has 0 saturated carbocycles. The molecule has 3 aromatic rings. The topological polar surface area (TPSA) is 48.1 Å². The molecule has 0 saturated heterocycles. The van der Waals surface area contributed by atoms with Crippen molar-refractivity contribution in [2.45, 2.75) is 20.4 Å². The zero-order valence-corrected chi connectivity index (χ0v) is 13.2. The van der Waals surface area contributed by atoms with Crippen molar-refractivity contribution < 1.29 is 4.92 Å². The number of benzene rings is 2. The smallest absolute Gasteiger partial charge is 0.269 e. The minimum atomic E-state index is -0.373. The number of nitrogens with zero attached hydrogens (tertiary/aromatic N) is 2. The second-order valence-electron chi connectivity index (χ2n) is 5.66. The molecule has 0 bridgehead atoms. The van der Waals surface area contributed by atoms with E-state index in [4.69, 9.17) is 0 Å². The van der Waals surface area contributed by atoms with E-state index in [-0.39, 0.29) is 10.6 Å². The monoisotopic (exact) mass is 306 g/mol. The summed E-state index contributed by atoms with van der Waals surface area (Å²) in [6.07, 6.45) is 0. The van der Waals surface area contributed by atoms with E-state index in [1.165, 1.54) is 17.0 Å². The van der Waals surface area contributed by atoms with Gasteiger partial charge in [-0.1, -0.05) is 30.3 Å². The summed E-state index contributed by atoms with van der Waals surface area (Å²) in [6, 6.07) is 19.2. The Morgan fingerprint density at radius 2 is 1.65 bits per heavy atom. The molecule has 0 amide bonds. The Balaban J connectivity index is 1.95. The van der Waals surface area contributed by atoms with E-state index >= 15 is 0 Å². The first kappa shape index (κ1) is 15.0. The lowest BCUT2D eigenvalue weighted by Gasteiger charge is -2.10. The molecule has 0 atom stereocenters. The second kappa shape index (κ2) is 6.08. The number of non-ortho nitro benzene ring substituents is 1. The maximum absolute atomic E-state index is 10.8. The average molecular weight is 306 g/mol. The summed E-state index contributed by atoms with van der Waals surface area (Å²) in [5, 5.41) is 10.8. The number of nitro groups is 1. The Morgan fingerprint density at radius 3 is 2.26 bits per heavy atom. The highest BCUT2D eigenvalue weighted by molar-refractivity contribution is 5.68. The molecule has 0 N–H and O–H groups in total. The van der Waals surface area contributed by atoms with E-state index in [0.717, 1.165) is 17.7 Å². The minimum absolute atomic E-state index is 0.117. The van der Waals surface area contributed by atoms with Gasteiger partial charge in [-0.2, -0.15) is 0 Å². The van der Waals surface area contributed by atoms with Gasteiger partial charge in [-0.3, -0.25) is 10.1 Å². The molecule has 0 radical (unpaired) electrons. The number of aromatic nitrogens is 1. The van der Waals surface area contributed by atoms with Crippen LogP contribution in [0.5, 0.6) is 0 Å². The van der Waals surface area contributed by atoms with Gasteiger partial charge in [0, 0.05) is 35.6 Å². The molecule has 116 valence electrons. The van der Waals surface area contributed by atoms with Crippen molar-refractivity contribution in [3.8, 4) is 11.1 Å². The van der Waals surface area contributed by atoms with Gasteiger partial charge in [-0.15, -0.1) is 0 Å². The molecule has 4 heteroatoms. The van der Waals surface area contributed by atoms with Gasteiger partial charge >= 0.3 is 0 Å². The fourth-order valence-corrected chi connectivity index (χ4v) is 2.87. The number of rotatable bonds is 4. The summed E-state index contributed by atoms with van der Waals surface area (Å²) in [5.74, 6) is 0. The third-order valence-electron chi connectivity index (χ3n) is 4.15. The Labute approximate surface area is 135 Å². The molecule has 0 aliphatic rings. The highest BCUT2D eigenvalue weighted by Crippen LogP contribution is 2.29. The lowest BCUT2D eigenvalue weighted by atomic mass is 10.1. The summed E-state index contributed by atoms with van der Waals surface area (Å²) in [6.45, 7) is 5.00. The molecule has 23 heavy (non-hydrogen) atoms. The van der Waals surface area contributed by atoms with Crippen LogP contribution in [-0.4, -0.2) is 9.49 Å². The molecule has 0 spiro atoms. The van der Waals surface area contributed by atoms with Crippen LogP contribution in [-0.2, 0) is 6.54 Å². The maximum atomic E-state index is 10.8. The lowest BCUT2D eigenvalue weighted by molar-refractivity contribution is -0.384. The van der Waals surface area contributed by atoms with E-state index in [1.54, 1.807) is 12.1 Å². The SMILES string of the molecule is Cc1cc(-c2ccc([N+](=O)[O-])cc2)c(C)n1Cc1ccccc1. The summed E-state index contributed by atoms with van der Waals surface area (Å²) in [4.78, 5) is 10.4. The molecular weight excluding hydrogens is 288 g/mol. The summed E-state index contributed by atoms with van der Waals surface area (Å²) in [7, 11) is 0. The van der Waals surface area contributed by atoms with Crippen LogP contribution in [0.15, 0.2) is 60.7 Å². The first-order valence-electron chi connectivity index (χ1n) is 7.52. The normalized spacial score (nSPS) is 10.7. The van der Waals surface area contributed by atoms with Gasteiger partial charge in [-0.25, -0.2) is 0 Å². The van der Waals surface area contributed by atoms with Gasteiger partial charge in [0.2, 0.25) is 0 Å². The largest absolute Gasteiger partial charge is 0.344 e. The van der Waals surface area contributed by atoms with E-state index in [2.05, 4.69) is 36.6 Å². The van der Waals surface area contributed by atoms with Crippen molar-refractivity contribution in [2.24, 2.45) is 0 Å². The van der Waals surface area contributed by atoms with Crippen molar-refractivity contribution in [3.05, 3.63) is 87.7 Å². The van der Waals surface area contributed by atoms with Crippen LogP contribution >= 0.6 is 0 Å². The van der Waals surface area contributed by atoms with Crippen LogP contribution in [0, 0.1) is 24.0 Å². The van der Waals surface area contributed by atoms with Crippen LogP contribution in [0.4, 0.5) is 5.69 Å². The van der Waals surface area contributed by atoms with E-state index in [1.807, 2.05) is 30.3 Å². The first-order chi connectivity index (χ1) is 11.1. The van der Waals surface area contributed by atoms with Gasteiger partial charge in [-0.05, 0) is 43.2 Å². The van der Waals surface area contributed by atoms with Crippen LogP contribution < -0.4 is 0 Å². The molecule has 1 heterocycles. The molecule has 4 nitrogen and oxygen atoms in total. The van der Waals surface area contributed by atoms with Crippen molar-refractivity contribution in [1.82, 2.24) is 4.57 Å². The second-order valence-corrected chi connectivity index (χ2v) is 5.66. The van der Waals surface area contributed by atoms with Gasteiger partial charge in [0.15, 0.2) is 0 Å². The number of nitro benzene ring substituents is 1. The van der Waals surface area contributed by atoms with Crippen molar-refractivity contribution in [1.29, 1.82) is 0 Å². The highest BCUT2D eigenvalue weighted by atomic mass is 16.6. The number of hydrogen-bond donors (Lipinski definition) is 0. The van der Waals surface area contributed by atoms with E-state index < -0.39 is 0 Å². The number of hydrogen-bond acceptors (Lipinski definition) is 2. The van der Waals surface area contributed by atoms with Crippen LogP contribution in [0.1, 0.15) is 17.0 Å². The molecular formula is C19H18N2O2. The zero-order chi connectivity index (χ0) is 16.4. The Hall–Kier alpha value is -2.88. The standard InChI is InChI=1S/C19H18N2O2/c1-14-12-19(17-8-10-18(11-9-17)21(22)23)15(2)20(14)13-16-6-4-3-5-7-16/h3-12H,13H2,1-2H3. The highest BCUT2D eigenvalue weighted by Gasteiger charge is 2.12. The Morgan fingerprint density at radius 1 is 1.00 bits per heavy atom. The summed E-state index contributed by atoms with van der Waals surface area (Å²) >= 11 is 0. The summed E-state index contributed by atoms with van der Waals surface area (Å²) in [5.41, 5.74) is 5.84. The van der Waals surface area contributed by atoms with Crippen LogP contribution in [0.25, 0.3) is 11.1 Å². The molecule has 2 aromatic carbocycles. The lowest BCUT2D eigenvalue weighted by Crippen LogP contribution is -2.03. The van der Waals surface area contributed by atoms with Gasteiger partial charge in [0.25, 0.3) is 5.69 Å².